The van der Waals surface area contributed by atoms with Crippen LogP contribution < -0.4 is 5.43 Å². The first-order chi connectivity index (χ1) is 9.25. The molecule has 1 aromatic carbocycles. The van der Waals surface area contributed by atoms with Crippen molar-refractivity contribution < 1.29 is 4.79 Å². The lowest BCUT2D eigenvalue weighted by molar-refractivity contribution is -0.122. The molecule has 0 atom stereocenters. The Balaban J connectivity index is 1.78. The molecule has 0 saturated carbocycles. The van der Waals surface area contributed by atoms with E-state index in [1.807, 2.05) is 36.0 Å². The fourth-order valence-electron chi connectivity index (χ4n) is 1.75. The minimum Gasteiger partial charge on any atom is -0.293 e. The summed E-state index contributed by atoms with van der Waals surface area (Å²) in [5, 5.41) is 3.98. The second-order valence-corrected chi connectivity index (χ2v) is 6.28. The molecule has 1 aromatic rings. The Morgan fingerprint density at radius 1 is 1.42 bits per heavy atom. The zero-order chi connectivity index (χ0) is 13.5. The van der Waals surface area contributed by atoms with E-state index in [1.165, 1.54) is 0 Å². The second kappa shape index (κ2) is 7.67. The lowest BCUT2D eigenvalue weighted by Crippen LogP contribution is -2.40. The predicted molar refractivity (Wildman–Crippen MR) is 83.6 cm³/mol. The largest absolute Gasteiger partial charge is 0.293 e. The number of hydrogen-bond acceptors (Lipinski definition) is 4. The minimum absolute atomic E-state index is 0.0600. The lowest BCUT2D eigenvalue weighted by Gasteiger charge is -2.24. The molecule has 1 fully saturated rings. The van der Waals surface area contributed by atoms with Gasteiger partial charge in [-0.05, 0) is 6.07 Å². The van der Waals surface area contributed by atoms with Gasteiger partial charge in [0.25, 0.3) is 5.91 Å². The summed E-state index contributed by atoms with van der Waals surface area (Å²) < 4.78 is 0.959. The van der Waals surface area contributed by atoms with Gasteiger partial charge in [-0.3, -0.25) is 9.69 Å². The summed E-state index contributed by atoms with van der Waals surface area (Å²) in [4.78, 5) is 13.9. The molecule has 1 aliphatic heterocycles. The average Bonchev–Trinajstić information content (AvgIpc) is 2.42. The highest BCUT2D eigenvalue weighted by Gasteiger charge is 2.13. The maximum absolute atomic E-state index is 11.7. The van der Waals surface area contributed by atoms with Gasteiger partial charge in [0.05, 0.1) is 12.8 Å². The molecule has 2 rings (SSSR count). The fourth-order valence-corrected chi connectivity index (χ4v) is 3.12. The molecule has 1 amide bonds. The van der Waals surface area contributed by atoms with Crippen molar-refractivity contribution in [1.82, 2.24) is 10.3 Å². The van der Waals surface area contributed by atoms with Crippen LogP contribution in [0.4, 0.5) is 0 Å². The molecule has 4 nitrogen and oxygen atoms in total. The van der Waals surface area contributed by atoms with Crippen LogP contribution in [0, 0.1) is 0 Å². The van der Waals surface area contributed by atoms with Crippen LogP contribution in [0.1, 0.15) is 5.56 Å². The first-order valence-electron chi connectivity index (χ1n) is 6.12. The third-order valence-corrected chi connectivity index (χ3v) is 4.43. The zero-order valence-corrected chi connectivity index (χ0v) is 12.9. The van der Waals surface area contributed by atoms with Crippen LogP contribution in [0.5, 0.6) is 0 Å². The van der Waals surface area contributed by atoms with E-state index < -0.39 is 0 Å². The molecular weight excluding hydrogens is 326 g/mol. The van der Waals surface area contributed by atoms with Crippen molar-refractivity contribution in [3.63, 3.8) is 0 Å². The molecule has 0 aliphatic carbocycles. The maximum Gasteiger partial charge on any atom is 0.254 e. The van der Waals surface area contributed by atoms with Crippen LogP contribution in [0.3, 0.4) is 0 Å². The molecule has 1 N–H and O–H groups in total. The van der Waals surface area contributed by atoms with E-state index in [0.29, 0.717) is 6.54 Å². The van der Waals surface area contributed by atoms with Crippen molar-refractivity contribution in [2.75, 3.05) is 31.1 Å². The van der Waals surface area contributed by atoms with Gasteiger partial charge < -0.3 is 0 Å². The molecule has 0 radical (unpaired) electrons. The molecule has 0 aromatic heterocycles. The summed E-state index contributed by atoms with van der Waals surface area (Å²) in [6, 6.07) is 7.74. The quantitative estimate of drug-likeness (QED) is 0.672. The van der Waals surface area contributed by atoms with Crippen molar-refractivity contribution in [3.05, 3.63) is 34.3 Å². The van der Waals surface area contributed by atoms with Crippen molar-refractivity contribution in [1.29, 1.82) is 0 Å². The summed E-state index contributed by atoms with van der Waals surface area (Å²) in [6.45, 7) is 2.38. The average molecular weight is 342 g/mol. The highest BCUT2D eigenvalue weighted by atomic mass is 79.9. The molecule has 1 heterocycles. The predicted octanol–water partition coefficient (Wildman–Crippen LogP) is 1.95. The normalized spacial score (nSPS) is 16.7. The first-order valence-corrected chi connectivity index (χ1v) is 8.07. The highest BCUT2D eigenvalue weighted by molar-refractivity contribution is 9.10. The number of hydrogen-bond donors (Lipinski definition) is 1. The summed E-state index contributed by atoms with van der Waals surface area (Å²) in [6.07, 6.45) is 1.65. The second-order valence-electron chi connectivity index (χ2n) is 4.20. The van der Waals surface area contributed by atoms with Crippen LogP contribution in [0.2, 0.25) is 0 Å². The molecule has 0 spiro atoms. The van der Waals surface area contributed by atoms with E-state index in [0.717, 1.165) is 34.6 Å². The van der Waals surface area contributed by atoms with E-state index >= 15 is 0 Å². The molecule has 102 valence electrons. The SMILES string of the molecule is O=C(CN1CCSCC1)NN=Cc1ccccc1Br. The molecule has 6 heteroatoms. The van der Waals surface area contributed by atoms with Crippen LogP contribution >= 0.6 is 27.7 Å². The van der Waals surface area contributed by atoms with Gasteiger partial charge in [-0.1, -0.05) is 34.1 Å². The smallest absolute Gasteiger partial charge is 0.254 e. The number of halogens is 1. The summed E-state index contributed by atoms with van der Waals surface area (Å²) in [7, 11) is 0. The molecule has 0 unspecified atom stereocenters. The molecule has 1 saturated heterocycles. The van der Waals surface area contributed by atoms with Gasteiger partial charge in [0.2, 0.25) is 0 Å². The number of rotatable bonds is 4. The minimum atomic E-state index is -0.0600. The van der Waals surface area contributed by atoms with Gasteiger partial charge in [0.15, 0.2) is 0 Å². The number of thioether (sulfide) groups is 1. The number of amides is 1. The Labute approximate surface area is 125 Å². The lowest BCUT2D eigenvalue weighted by atomic mass is 10.2. The summed E-state index contributed by atoms with van der Waals surface area (Å²) in [5.74, 6) is 2.15. The zero-order valence-electron chi connectivity index (χ0n) is 10.5. The Kier molecular flexibility index (Phi) is 5.88. The summed E-state index contributed by atoms with van der Waals surface area (Å²) >= 11 is 5.36. The topological polar surface area (TPSA) is 44.7 Å². The van der Waals surface area contributed by atoms with Gasteiger partial charge in [-0.2, -0.15) is 16.9 Å². The maximum atomic E-state index is 11.7. The fraction of sp³-hybridized carbons (Fsp3) is 0.385. The van der Waals surface area contributed by atoms with Gasteiger partial charge in [0.1, 0.15) is 0 Å². The van der Waals surface area contributed by atoms with Gasteiger partial charge in [-0.15, -0.1) is 0 Å². The molecule has 0 bridgehead atoms. The van der Waals surface area contributed by atoms with E-state index in [9.17, 15) is 4.79 Å². The van der Waals surface area contributed by atoms with Crippen molar-refractivity contribution in [3.8, 4) is 0 Å². The van der Waals surface area contributed by atoms with E-state index in [-0.39, 0.29) is 5.91 Å². The third kappa shape index (κ3) is 4.97. The third-order valence-electron chi connectivity index (χ3n) is 2.77. The van der Waals surface area contributed by atoms with Crippen LogP contribution in [0.25, 0.3) is 0 Å². The van der Waals surface area contributed by atoms with Gasteiger partial charge in [-0.25, -0.2) is 5.43 Å². The highest BCUT2D eigenvalue weighted by Crippen LogP contribution is 2.13. The van der Waals surface area contributed by atoms with Crippen LogP contribution in [-0.2, 0) is 4.79 Å². The van der Waals surface area contributed by atoms with E-state index in [1.54, 1.807) is 6.21 Å². The Hall–Kier alpha value is -0.850. The molecule has 1 aliphatic rings. The number of nitrogens with zero attached hydrogens (tertiary/aromatic N) is 2. The van der Waals surface area contributed by atoms with Crippen LogP contribution in [0.15, 0.2) is 33.8 Å². The molecular formula is C13H16BrN3OS. The standard InChI is InChI=1S/C13H16BrN3OS/c14-12-4-2-1-3-11(12)9-15-16-13(18)10-17-5-7-19-8-6-17/h1-4,9H,5-8,10H2,(H,16,18). The van der Waals surface area contributed by atoms with Crippen molar-refractivity contribution in [2.24, 2.45) is 5.10 Å². The Morgan fingerprint density at radius 3 is 2.89 bits per heavy atom. The van der Waals surface area contributed by atoms with E-state index in [4.69, 9.17) is 0 Å². The number of carbonyl (C=O) groups excluding carboxylic acids is 1. The number of carbonyl (C=O) groups is 1. The molecule has 19 heavy (non-hydrogen) atoms. The van der Waals surface area contributed by atoms with Crippen molar-refractivity contribution >= 4 is 39.8 Å². The van der Waals surface area contributed by atoms with Gasteiger partial charge in [0, 0.05) is 34.6 Å². The Bertz CT molecular complexity index is 461. The Morgan fingerprint density at radius 2 is 2.16 bits per heavy atom. The monoisotopic (exact) mass is 341 g/mol. The summed E-state index contributed by atoms with van der Waals surface area (Å²) in [5.41, 5.74) is 3.51. The number of nitrogens with one attached hydrogen (secondary N) is 1. The van der Waals surface area contributed by atoms with Crippen LogP contribution in [-0.4, -0.2) is 48.2 Å². The first kappa shape index (κ1) is 14.6. The number of benzene rings is 1. The number of hydrazone groups is 1. The van der Waals surface area contributed by atoms with E-state index in [2.05, 4.69) is 31.4 Å². The van der Waals surface area contributed by atoms with Gasteiger partial charge >= 0.3 is 0 Å². The van der Waals surface area contributed by atoms with Crippen molar-refractivity contribution in [2.45, 2.75) is 0 Å².